The van der Waals surface area contributed by atoms with Gasteiger partial charge >= 0.3 is 12.1 Å². The predicted octanol–water partition coefficient (Wildman–Crippen LogP) is 2.22. The molecule has 0 radical (unpaired) electrons. The lowest BCUT2D eigenvalue weighted by molar-refractivity contribution is -0.157. The maximum Gasteiger partial charge on any atom is 0.527 e. The van der Waals surface area contributed by atoms with Gasteiger partial charge in [0, 0.05) is 38.2 Å². The number of para-hydroxylation sites is 1. The van der Waals surface area contributed by atoms with Crippen LogP contribution in [-0.4, -0.2) is 131 Å². The average Bonchev–Trinajstić information content (AvgIpc) is 3.82. The number of piperazine rings is 1. The van der Waals surface area contributed by atoms with Crippen LogP contribution in [0.15, 0.2) is 36.4 Å². The first-order chi connectivity index (χ1) is 26.0. The second-order valence-corrected chi connectivity index (χ2v) is 14.0. The summed E-state index contributed by atoms with van der Waals surface area (Å²) in [6, 6.07) is 8.75. The molecule has 0 unspecified atom stereocenters. The lowest BCUT2D eigenvalue weighted by atomic mass is 9.93. The highest BCUT2D eigenvalue weighted by molar-refractivity contribution is 5.96. The molecular weight excluding hydrogens is 702 g/mol. The molecule has 0 bridgehead atoms. The van der Waals surface area contributed by atoms with Gasteiger partial charge in [-0.3, -0.25) is 24.0 Å². The number of nitrogens with zero attached hydrogens (tertiary/aromatic N) is 5. The van der Waals surface area contributed by atoms with Crippen LogP contribution in [0.3, 0.4) is 0 Å². The summed E-state index contributed by atoms with van der Waals surface area (Å²) < 4.78 is 17.5. The minimum Gasteiger partial charge on any atom is -0.467 e. The van der Waals surface area contributed by atoms with Gasteiger partial charge in [0.25, 0.3) is 11.8 Å². The van der Waals surface area contributed by atoms with Crippen LogP contribution in [0.4, 0.5) is 4.79 Å². The van der Waals surface area contributed by atoms with Gasteiger partial charge in [0.1, 0.15) is 12.1 Å². The lowest BCUT2D eigenvalue weighted by Crippen LogP contribution is -2.55. The fourth-order valence-corrected chi connectivity index (χ4v) is 6.29. The van der Waals surface area contributed by atoms with E-state index in [0.717, 1.165) is 19.3 Å². The Hall–Kier alpha value is -5.19. The molecule has 4 amide bonds. The zero-order chi connectivity index (χ0) is 38.6. The van der Waals surface area contributed by atoms with E-state index in [1.54, 1.807) is 31.2 Å². The Morgan fingerprint density at radius 3 is 2.33 bits per heavy atom. The average molecular weight is 754 g/mol. The summed E-state index contributed by atoms with van der Waals surface area (Å²) in [5.74, 6) is -1.92. The van der Waals surface area contributed by atoms with E-state index in [-0.39, 0.29) is 87.6 Å². The first-order valence-corrected chi connectivity index (χ1v) is 18.8. The Morgan fingerprint density at radius 2 is 1.67 bits per heavy atom. The van der Waals surface area contributed by atoms with E-state index in [1.807, 2.05) is 19.9 Å². The molecule has 1 aromatic carbocycles. The van der Waals surface area contributed by atoms with Crippen molar-refractivity contribution in [2.45, 2.75) is 83.8 Å². The summed E-state index contributed by atoms with van der Waals surface area (Å²) in [6.07, 6.45) is 3.24. The molecule has 54 heavy (non-hydrogen) atoms. The molecule has 1 saturated carbocycles. The van der Waals surface area contributed by atoms with Crippen LogP contribution in [0.1, 0.15) is 76.2 Å². The SMILES string of the molecule is CCOC(=O)ON1CCN(C(=O)[C@H](CCC(=O)OCC(C)C)NC(=O)c2cc(OCC(=O)N3CCC[C@H]3C(=O)NC3CCC3)n(-c3ccccc3)n2)CC1. The number of hydroxylamine groups is 2. The highest BCUT2D eigenvalue weighted by Gasteiger charge is 2.36. The number of hydrogen-bond donors (Lipinski definition) is 2. The highest BCUT2D eigenvalue weighted by Crippen LogP contribution is 2.24. The summed E-state index contributed by atoms with van der Waals surface area (Å²) in [5, 5.41) is 11.7. The third kappa shape index (κ3) is 10.9. The molecule has 294 valence electrons. The van der Waals surface area contributed by atoms with Crippen LogP contribution < -0.4 is 15.4 Å². The summed E-state index contributed by atoms with van der Waals surface area (Å²) in [5.41, 5.74) is 0.467. The zero-order valence-corrected chi connectivity index (χ0v) is 31.2. The van der Waals surface area contributed by atoms with Gasteiger partial charge in [0.05, 0.1) is 32.0 Å². The molecule has 0 spiro atoms. The van der Waals surface area contributed by atoms with Gasteiger partial charge in [-0.25, -0.2) is 9.48 Å². The second kappa shape index (κ2) is 19.2. The standard InChI is InChI=1S/C37H51N7O10/c1-4-51-37(50)54-42-20-18-41(19-21-42)36(49)28(15-16-33(46)53-23-25(2)3)39-34(47)29-22-32(44(40-29)27-12-6-5-7-13-27)52-24-31(45)43-17-9-14-30(43)35(48)38-26-10-8-11-26/h5-7,12-13,22,25-26,28,30H,4,8-11,14-21,23-24H2,1-3H3,(H,38,48)(H,39,47)/t28-,30-/m0/s1. The van der Waals surface area contributed by atoms with Crippen LogP contribution >= 0.6 is 0 Å². The number of amides is 4. The van der Waals surface area contributed by atoms with E-state index in [9.17, 15) is 28.8 Å². The first-order valence-electron chi connectivity index (χ1n) is 18.8. The third-order valence-electron chi connectivity index (χ3n) is 9.42. The Kier molecular flexibility index (Phi) is 14.2. The van der Waals surface area contributed by atoms with Crippen LogP contribution in [0, 0.1) is 5.92 Å². The summed E-state index contributed by atoms with van der Waals surface area (Å²) >= 11 is 0. The molecular formula is C37H51N7O10. The van der Waals surface area contributed by atoms with Crippen molar-refractivity contribution in [3.05, 3.63) is 42.1 Å². The van der Waals surface area contributed by atoms with Crippen molar-refractivity contribution in [3.63, 3.8) is 0 Å². The van der Waals surface area contributed by atoms with Gasteiger partial charge in [-0.15, -0.1) is 5.06 Å². The Bertz CT molecular complexity index is 1620. The van der Waals surface area contributed by atoms with Crippen molar-refractivity contribution in [1.29, 1.82) is 0 Å². The molecule has 17 nitrogen and oxygen atoms in total. The predicted molar refractivity (Wildman–Crippen MR) is 192 cm³/mol. The topological polar surface area (TPSA) is 191 Å². The molecule has 3 heterocycles. The van der Waals surface area contributed by atoms with E-state index in [4.69, 9.17) is 19.0 Å². The largest absolute Gasteiger partial charge is 0.527 e. The molecule has 2 aromatic rings. The molecule has 17 heteroatoms. The maximum atomic E-state index is 13.8. The quantitative estimate of drug-likeness (QED) is 0.238. The minimum absolute atomic E-state index is 0.0381. The van der Waals surface area contributed by atoms with Crippen LogP contribution in [-0.2, 0) is 33.5 Å². The van der Waals surface area contributed by atoms with Crippen LogP contribution in [0.25, 0.3) is 5.69 Å². The fourth-order valence-electron chi connectivity index (χ4n) is 6.29. The van der Waals surface area contributed by atoms with Crippen molar-refractivity contribution >= 4 is 35.8 Å². The zero-order valence-electron chi connectivity index (χ0n) is 31.2. The summed E-state index contributed by atoms with van der Waals surface area (Å²) in [6.45, 7) is 6.72. The molecule has 2 N–H and O–H groups in total. The van der Waals surface area contributed by atoms with Gasteiger partial charge in [-0.1, -0.05) is 32.0 Å². The highest BCUT2D eigenvalue weighted by atomic mass is 16.8. The maximum absolute atomic E-state index is 13.8. The number of carbonyl (C=O) groups excluding carboxylic acids is 6. The number of ether oxygens (including phenoxy) is 3. The van der Waals surface area contributed by atoms with Crippen molar-refractivity contribution in [1.82, 2.24) is 35.3 Å². The molecule has 3 fully saturated rings. The van der Waals surface area contributed by atoms with E-state index < -0.39 is 42.6 Å². The van der Waals surface area contributed by atoms with E-state index in [2.05, 4.69) is 15.7 Å². The smallest absolute Gasteiger partial charge is 0.467 e. The minimum atomic E-state index is -1.12. The van der Waals surface area contributed by atoms with Gasteiger partial charge in [0.2, 0.25) is 17.7 Å². The number of aromatic nitrogens is 2. The number of likely N-dealkylation sites (tertiary alicyclic amines) is 1. The molecule has 2 aliphatic heterocycles. The number of rotatable bonds is 16. The Balaban J connectivity index is 1.28. The van der Waals surface area contributed by atoms with Crippen molar-refractivity contribution in [2.75, 3.05) is 52.5 Å². The van der Waals surface area contributed by atoms with Crippen molar-refractivity contribution < 1.29 is 47.8 Å². The molecule has 1 aromatic heterocycles. The Labute approximate surface area is 314 Å². The van der Waals surface area contributed by atoms with E-state index in [1.165, 1.54) is 25.6 Å². The van der Waals surface area contributed by atoms with Gasteiger partial charge in [-0.2, -0.15) is 5.10 Å². The summed E-state index contributed by atoms with van der Waals surface area (Å²) in [4.78, 5) is 86.4. The van der Waals surface area contributed by atoms with Crippen LogP contribution in [0.5, 0.6) is 5.88 Å². The normalized spacial score (nSPS) is 18.0. The van der Waals surface area contributed by atoms with Crippen molar-refractivity contribution in [2.24, 2.45) is 5.92 Å². The number of nitrogens with one attached hydrogen (secondary N) is 2. The second-order valence-electron chi connectivity index (χ2n) is 14.0. The van der Waals surface area contributed by atoms with Crippen LogP contribution in [0.2, 0.25) is 0 Å². The van der Waals surface area contributed by atoms with Gasteiger partial charge in [-0.05, 0) is 63.5 Å². The molecule has 1 aliphatic carbocycles. The van der Waals surface area contributed by atoms with E-state index >= 15 is 0 Å². The Morgan fingerprint density at radius 1 is 0.926 bits per heavy atom. The number of hydrogen-bond acceptors (Lipinski definition) is 12. The van der Waals surface area contributed by atoms with Gasteiger partial charge in [0.15, 0.2) is 12.3 Å². The van der Waals surface area contributed by atoms with Crippen molar-refractivity contribution in [3.8, 4) is 11.6 Å². The lowest BCUT2D eigenvalue weighted by Gasteiger charge is -2.35. The van der Waals surface area contributed by atoms with E-state index in [0.29, 0.717) is 25.1 Å². The number of benzene rings is 1. The number of carbonyl (C=O) groups is 6. The molecule has 5 rings (SSSR count). The number of esters is 1. The molecule has 2 atom stereocenters. The van der Waals surface area contributed by atoms with Gasteiger partial charge < -0.3 is 39.5 Å². The molecule has 3 aliphatic rings. The molecule has 2 saturated heterocycles. The monoisotopic (exact) mass is 753 g/mol. The first kappa shape index (κ1) is 40.0. The summed E-state index contributed by atoms with van der Waals surface area (Å²) in [7, 11) is 0. The fraction of sp³-hybridized carbons (Fsp3) is 0.595. The third-order valence-corrected chi connectivity index (χ3v) is 9.42.